The van der Waals surface area contributed by atoms with Crippen LogP contribution in [0.1, 0.15) is 20.8 Å². The van der Waals surface area contributed by atoms with E-state index in [0.717, 1.165) is 31.6 Å². The Morgan fingerprint density at radius 2 is 1.88 bits per heavy atom. The standard InChI is InChI=1S/C20H16N2OS2/c1-12-13(2)25-20-18(12)19(21-11-22-20)24-10-17(23)16-9-5-7-14-6-3-4-8-15(14)16/h3-9,11H,10H2,1-2H3. The van der Waals surface area contributed by atoms with Gasteiger partial charge in [0.1, 0.15) is 16.2 Å². The molecule has 2 aromatic heterocycles. The van der Waals surface area contributed by atoms with Gasteiger partial charge in [0.25, 0.3) is 0 Å². The molecule has 5 heteroatoms. The lowest BCUT2D eigenvalue weighted by molar-refractivity contribution is 0.102. The fourth-order valence-electron chi connectivity index (χ4n) is 2.94. The summed E-state index contributed by atoms with van der Waals surface area (Å²) in [5, 5.41) is 4.07. The lowest BCUT2D eigenvalue weighted by atomic mass is 10.0. The Morgan fingerprint density at radius 1 is 1.08 bits per heavy atom. The highest BCUT2D eigenvalue weighted by molar-refractivity contribution is 8.00. The van der Waals surface area contributed by atoms with E-state index in [9.17, 15) is 4.79 Å². The van der Waals surface area contributed by atoms with E-state index in [-0.39, 0.29) is 5.78 Å². The van der Waals surface area contributed by atoms with Crippen molar-refractivity contribution < 1.29 is 4.79 Å². The number of aryl methyl sites for hydroxylation is 2. The zero-order valence-corrected chi connectivity index (χ0v) is 15.6. The van der Waals surface area contributed by atoms with Gasteiger partial charge in [0, 0.05) is 15.8 Å². The first-order valence-electron chi connectivity index (χ1n) is 7.99. The lowest BCUT2D eigenvalue weighted by Crippen LogP contribution is -2.03. The molecule has 25 heavy (non-hydrogen) atoms. The Labute approximate surface area is 154 Å². The highest BCUT2D eigenvalue weighted by Gasteiger charge is 2.15. The van der Waals surface area contributed by atoms with Crippen molar-refractivity contribution in [3.63, 3.8) is 0 Å². The lowest BCUT2D eigenvalue weighted by Gasteiger charge is -2.06. The van der Waals surface area contributed by atoms with E-state index in [1.807, 2.05) is 42.5 Å². The number of hydrogen-bond acceptors (Lipinski definition) is 5. The number of rotatable bonds is 4. The molecule has 0 fully saturated rings. The molecule has 0 saturated carbocycles. The Hall–Kier alpha value is -2.24. The van der Waals surface area contributed by atoms with Gasteiger partial charge in [-0.15, -0.1) is 11.3 Å². The molecule has 0 spiro atoms. The molecule has 3 nitrogen and oxygen atoms in total. The summed E-state index contributed by atoms with van der Waals surface area (Å²) < 4.78 is 0. The van der Waals surface area contributed by atoms with Gasteiger partial charge in [-0.1, -0.05) is 54.2 Å². The first-order chi connectivity index (χ1) is 12.1. The van der Waals surface area contributed by atoms with Gasteiger partial charge in [-0.05, 0) is 30.2 Å². The number of Topliss-reactive ketones (excluding diaryl/α,β-unsaturated/α-hetero) is 1. The molecule has 2 aromatic carbocycles. The third-order valence-corrected chi connectivity index (χ3v) is 6.47. The summed E-state index contributed by atoms with van der Waals surface area (Å²) in [5.74, 6) is 0.493. The summed E-state index contributed by atoms with van der Waals surface area (Å²) in [6.07, 6.45) is 1.59. The van der Waals surface area contributed by atoms with E-state index in [4.69, 9.17) is 0 Å². The third kappa shape index (κ3) is 2.94. The topological polar surface area (TPSA) is 42.9 Å². The first-order valence-corrected chi connectivity index (χ1v) is 9.80. The number of thiophene rings is 1. The average Bonchev–Trinajstić information content (AvgIpc) is 2.94. The number of ketones is 1. The van der Waals surface area contributed by atoms with E-state index >= 15 is 0 Å². The summed E-state index contributed by atoms with van der Waals surface area (Å²) in [4.78, 5) is 23.8. The molecular weight excluding hydrogens is 348 g/mol. The van der Waals surface area contributed by atoms with Crippen LogP contribution in [0, 0.1) is 13.8 Å². The van der Waals surface area contributed by atoms with Crippen molar-refractivity contribution in [3.05, 3.63) is 64.8 Å². The Balaban J connectivity index is 1.64. The fraction of sp³-hybridized carbons (Fsp3) is 0.150. The minimum Gasteiger partial charge on any atom is -0.293 e. The van der Waals surface area contributed by atoms with Gasteiger partial charge in [0.15, 0.2) is 5.78 Å². The largest absolute Gasteiger partial charge is 0.293 e. The van der Waals surface area contributed by atoms with E-state index in [1.54, 1.807) is 17.7 Å². The van der Waals surface area contributed by atoms with Crippen LogP contribution in [0.3, 0.4) is 0 Å². The predicted molar refractivity (Wildman–Crippen MR) is 106 cm³/mol. The number of aromatic nitrogens is 2. The van der Waals surface area contributed by atoms with E-state index in [1.165, 1.54) is 22.2 Å². The molecule has 0 saturated heterocycles. The quantitative estimate of drug-likeness (QED) is 0.275. The Morgan fingerprint density at radius 3 is 2.76 bits per heavy atom. The molecule has 0 aliphatic heterocycles. The molecule has 2 heterocycles. The van der Waals surface area contributed by atoms with Gasteiger partial charge >= 0.3 is 0 Å². The number of benzene rings is 2. The Kier molecular flexibility index (Phi) is 4.27. The minimum atomic E-state index is 0.123. The number of carbonyl (C=O) groups is 1. The third-order valence-electron chi connectivity index (χ3n) is 4.36. The molecule has 4 aromatic rings. The molecule has 0 radical (unpaired) electrons. The average molecular weight is 364 g/mol. The second-order valence-corrected chi connectivity index (χ2v) is 8.05. The number of nitrogens with zero attached hydrogens (tertiary/aromatic N) is 2. The van der Waals surface area contributed by atoms with Gasteiger partial charge in [0.05, 0.1) is 5.75 Å². The van der Waals surface area contributed by atoms with Gasteiger partial charge in [-0.3, -0.25) is 4.79 Å². The minimum absolute atomic E-state index is 0.123. The first kappa shape index (κ1) is 16.2. The zero-order valence-electron chi connectivity index (χ0n) is 13.9. The molecule has 0 bridgehead atoms. The summed E-state index contributed by atoms with van der Waals surface area (Å²) in [6.45, 7) is 4.19. The molecule has 0 N–H and O–H groups in total. The normalized spacial score (nSPS) is 11.3. The van der Waals surface area contributed by atoms with Crippen LogP contribution in [0.25, 0.3) is 21.0 Å². The van der Waals surface area contributed by atoms with Crippen LogP contribution < -0.4 is 0 Å². The molecule has 0 amide bonds. The van der Waals surface area contributed by atoms with Crippen LogP contribution in [0.5, 0.6) is 0 Å². The van der Waals surface area contributed by atoms with Crippen LogP contribution in [0.4, 0.5) is 0 Å². The van der Waals surface area contributed by atoms with Crippen molar-refractivity contribution in [2.45, 2.75) is 18.9 Å². The molecule has 0 aliphatic rings. The molecule has 0 atom stereocenters. The van der Waals surface area contributed by atoms with Gasteiger partial charge in [-0.25, -0.2) is 9.97 Å². The summed E-state index contributed by atoms with van der Waals surface area (Å²) in [5.41, 5.74) is 1.98. The van der Waals surface area contributed by atoms with Crippen molar-refractivity contribution in [1.82, 2.24) is 9.97 Å². The maximum Gasteiger partial charge on any atom is 0.173 e. The van der Waals surface area contributed by atoms with Crippen LogP contribution in [0.15, 0.2) is 53.8 Å². The van der Waals surface area contributed by atoms with Gasteiger partial charge in [0.2, 0.25) is 0 Å². The summed E-state index contributed by atoms with van der Waals surface area (Å²) >= 11 is 3.17. The predicted octanol–water partition coefficient (Wildman–Crippen LogP) is 5.44. The molecule has 4 rings (SSSR count). The van der Waals surface area contributed by atoms with Crippen molar-refractivity contribution in [2.24, 2.45) is 0 Å². The van der Waals surface area contributed by atoms with Crippen molar-refractivity contribution in [1.29, 1.82) is 0 Å². The van der Waals surface area contributed by atoms with Gasteiger partial charge < -0.3 is 0 Å². The van der Waals surface area contributed by atoms with Crippen LogP contribution in [0.2, 0.25) is 0 Å². The maximum atomic E-state index is 12.8. The number of hydrogen-bond donors (Lipinski definition) is 0. The number of carbonyl (C=O) groups excluding carboxylic acids is 1. The second-order valence-electron chi connectivity index (χ2n) is 5.88. The monoisotopic (exact) mass is 364 g/mol. The fourth-order valence-corrected chi connectivity index (χ4v) is 4.94. The molecular formula is C20H16N2OS2. The smallest absolute Gasteiger partial charge is 0.173 e. The van der Waals surface area contributed by atoms with Crippen molar-refractivity contribution in [2.75, 3.05) is 5.75 Å². The summed E-state index contributed by atoms with van der Waals surface area (Å²) in [7, 11) is 0. The number of thioether (sulfide) groups is 1. The van der Waals surface area contributed by atoms with E-state index in [2.05, 4.69) is 23.8 Å². The van der Waals surface area contributed by atoms with Crippen LogP contribution in [-0.4, -0.2) is 21.5 Å². The van der Waals surface area contributed by atoms with Crippen LogP contribution >= 0.6 is 23.1 Å². The zero-order chi connectivity index (χ0) is 17.4. The number of fused-ring (bicyclic) bond motifs is 2. The SMILES string of the molecule is Cc1sc2ncnc(SCC(=O)c3cccc4ccccc34)c2c1C. The highest BCUT2D eigenvalue weighted by Crippen LogP contribution is 2.34. The van der Waals surface area contributed by atoms with Gasteiger partial charge in [-0.2, -0.15) is 0 Å². The summed E-state index contributed by atoms with van der Waals surface area (Å²) in [6, 6.07) is 13.9. The van der Waals surface area contributed by atoms with Crippen molar-refractivity contribution >= 4 is 49.9 Å². The molecule has 0 aliphatic carbocycles. The molecule has 124 valence electrons. The van der Waals surface area contributed by atoms with Crippen molar-refractivity contribution in [3.8, 4) is 0 Å². The second kappa shape index (κ2) is 6.58. The Bertz CT molecular complexity index is 1100. The van der Waals surface area contributed by atoms with E-state index < -0.39 is 0 Å². The highest BCUT2D eigenvalue weighted by atomic mass is 32.2. The molecule has 0 unspecified atom stereocenters. The van der Waals surface area contributed by atoms with Crippen LogP contribution in [-0.2, 0) is 0 Å². The maximum absolute atomic E-state index is 12.8. The van der Waals surface area contributed by atoms with E-state index in [0.29, 0.717) is 5.75 Å².